The number of methoxy groups -OCH3 is 1. The summed E-state index contributed by atoms with van der Waals surface area (Å²) >= 11 is 0. The standard InChI is InChI=1S/C16H21NO3/c1-3-12-4-5-15(19-2)13(10-12)11-16(18)17-14-6-8-20-9-7-14/h3-5,10,14H,1,6-9,11H2,2H3,(H,17,18). The van der Waals surface area contributed by atoms with Crippen molar-refractivity contribution in [2.75, 3.05) is 20.3 Å². The topological polar surface area (TPSA) is 47.6 Å². The van der Waals surface area contributed by atoms with Crippen LogP contribution in [0.3, 0.4) is 0 Å². The molecule has 1 aromatic carbocycles. The summed E-state index contributed by atoms with van der Waals surface area (Å²) in [4.78, 5) is 12.1. The fourth-order valence-corrected chi connectivity index (χ4v) is 2.36. The summed E-state index contributed by atoms with van der Waals surface area (Å²) < 4.78 is 10.6. The van der Waals surface area contributed by atoms with Crippen LogP contribution < -0.4 is 10.1 Å². The van der Waals surface area contributed by atoms with Gasteiger partial charge < -0.3 is 14.8 Å². The van der Waals surface area contributed by atoms with Crippen molar-refractivity contribution in [1.29, 1.82) is 0 Å². The van der Waals surface area contributed by atoms with E-state index in [0.717, 1.165) is 42.9 Å². The molecule has 4 nitrogen and oxygen atoms in total. The molecule has 20 heavy (non-hydrogen) atoms. The van der Waals surface area contributed by atoms with E-state index in [1.165, 1.54) is 0 Å². The number of carbonyl (C=O) groups is 1. The maximum atomic E-state index is 12.1. The fraction of sp³-hybridized carbons (Fsp3) is 0.438. The molecule has 0 spiro atoms. The van der Waals surface area contributed by atoms with Gasteiger partial charge in [-0.1, -0.05) is 18.7 Å². The molecule has 1 aliphatic heterocycles. The van der Waals surface area contributed by atoms with Crippen molar-refractivity contribution in [3.05, 3.63) is 35.9 Å². The van der Waals surface area contributed by atoms with Crippen LogP contribution in [-0.2, 0) is 16.0 Å². The zero-order chi connectivity index (χ0) is 14.4. The van der Waals surface area contributed by atoms with Crippen LogP contribution in [0.15, 0.2) is 24.8 Å². The highest BCUT2D eigenvalue weighted by atomic mass is 16.5. The number of rotatable bonds is 5. The molecule has 1 fully saturated rings. The molecule has 0 unspecified atom stereocenters. The Morgan fingerprint density at radius 3 is 2.90 bits per heavy atom. The lowest BCUT2D eigenvalue weighted by Crippen LogP contribution is -2.39. The van der Waals surface area contributed by atoms with E-state index in [1.807, 2.05) is 18.2 Å². The predicted molar refractivity (Wildman–Crippen MR) is 78.8 cm³/mol. The molecular weight excluding hydrogens is 254 g/mol. The Balaban J connectivity index is 2.00. The van der Waals surface area contributed by atoms with Crippen molar-refractivity contribution in [2.45, 2.75) is 25.3 Å². The van der Waals surface area contributed by atoms with Crippen LogP contribution in [-0.4, -0.2) is 32.3 Å². The number of benzene rings is 1. The van der Waals surface area contributed by atoms with Crippen LogP contribution >= 0.6 is 0 Å². The van der Waals surface area contributed by atoms with Crippen molar-refractivity contribution < 1.29 is 14.3 Å². The van der Waals surface area contributed by atoms with E-state index in [1.54, 1.807) is 13.2 Å². The van der Waals surface area contributed by atoms with Crippen LogP contribution in [0.1, 0.15) is 24.0 Å². The Labute approximate surface area is 119 Å². The first kappa shape index (κ1) is 14.6. The molecule has 108 valence electrons. The summed E-state index contributed by atoms with van der Waals surface area (Å²) in [5.74, 6) is 0.758. The van der Waals surface area contributed by atoms with Gasteiger partial charge in [-0.25, -0.2) is 0 Å². The second-order valence-electron chi connectivity index (χ2n) is 4.91. The van der Waals surface area contributed by atoms with Crippen LogP contribution in [0, 0.1) is 0 Å². The molecule has 1 aromatic rings. The molecule has 0 aromatic heterocycles. The van der Waals surface area contributed by atoms with E-state index in [0.29, 0.717) is 6.42 Å². The first-order chi connectivity index (χ1) is 9.72. The van der Waals surface area contributed by atoms with Crippen molar-refractivity contribution in [3.63, 3.8) is 0 Å². The number of hydrogen-bond acceptors (Lipinski definition) is 3. The lowest BCUT2D eigenvalue weighted by Gasteiger charge is -2.23. The van der Waals surface area contributed by atoms with E-state index in [4.69, 9.17) is 9.47 Å². The summed E-state index contributed by atoms with van der Waals surface area (Å²) in [6.45, 7) is 5.19. The summed E-state index contributed by atoms with van der Waals surface area (Å²) in [6, 6.07) is 5.96. The third-order valence-electron chi connectivity index (χ3n) is 3.48. The van der Waals surface area contributed by atoms with Gasteiger partial charge in [-0.15, -0.1) is 0 Å². The van der Waals surface area contributed by atoms with Crippen molar-refractivity contribution >= 4 is 12.0 Å². The Morgan fingerprint density at radius 1 is 1.50 bits per heavy atom. The number of ether oxygens (including phenoxy) is 2. The predicted octanol–water partition coefficient (Wildman–Crippen LogP) is 2.18. The van der Waals surface area contributed by atoms with Gasteiger partial charge >= 0.3 is 0 Å². The fourth-order valence-electron chi connectivity index (χ4n) is 2.36. The zero-order valence-corrected chi connectivity index (χ0v) is 11.9. The summed E-state index contributed by atoms with van der Waals surface area (Å²) in [7, 11) is 1.61. The maximum Gasteiger partial charge on any atom is 0.224 e. The Morgan fingerprint density at radius 2 is 2.25 bits per heavy atom. The second kappa shape index (κ2) is 7.10. The minimum absolute atomic E-state index is 0.0245. The van der Waals surface area contributed by atoms with Gasteiger partial charge in [0, 0.05) is 24.8 Å². The van der Waals surface area contributed by atoms with Gasteiger partial charge in [0.25, 0.3) is 0 Å². The summed E-state index contributed by atoms with van der Waals surface area (Å²) in [5.41, 5.74) is 1.87. The molecule has 0 saturated carbocycles. The quantitative estimate of drug-likeness (QED) is 0.896. The normalized spacial score (nSPS) is 15.7. The molecule has 1 heterocycles. The first-order valence-electron chi connectivity index (χ1n) is 6.89. The van der Waals surface area contributed by atoms with Crippen LogP contribution in [0.25, 0.3) is 6.08 Å². The molecule has 4 heteroatoms. The Hall–Kier alpha value is -1.81. The average molecular weight is 275 g/mol. The zero-order valence-electron chi connectivity index (χ0n) is 11.9. The molecule has 0 atom stereocenters. The SMILES string of the molecule is C=Cc1ccc(OC)c(CC(=O)NC2CCOCC2)c1. The van der Waals surface area contributed by atoms with Gasteiger partial charge in [-0.2, -0.15) is 0 Å². The second-order valence-corrected chi connectivity index (χ2v) is 4.91. The lowest BCUT2D eigenvalue weighted by molar-refractivity contribution is -0.121. The first-order valence-corrected chi connectivity index (χ1v) is 6.89. The van der Waals surface area contributed by atoms with Gasteiger partial charge in [-0.05, 0) is 30.5 Å². The highest BCUT2D eigenvalue weighted by molar-refractivity contribution is 5.80. The highest BCUT2D eigenvalue weighted by Crippen LogP contribution is 2.21. The van der Waals surface area contributed by atoms with E-state index in [9.17, 15) is 4.79 Å². The summed E-state index contributed by atoms with van der Waals surface area (Å²) in [5, 5.41) is 3.06. The highest BCUT2D eigenvalue weighted by Gasteiger charge is 2.17. The van der Waals surface area contributed by atoms with E-state index >= 15 is 0 Å². The van der Waals surface area contributed by atoms with E-state index in [2.05, 4.69) is 11.9 Å². The molecule has 1 N–H and O–H groups in total. The molecule has 0 radical (unpaired) electrons. The van der Waals surface area contributed by atoms with Crippen molar-refractivity contribution in [2.24, 2.45) is 0 Å². The summed E-state index contributed by atoms with van der Waals surface area (Å²) in [6.07, 6.45) is 3.85. The molecular formula is C16H21NO3. The monoisotopic (exact) mass is 275 g/mol. The minimum atomic E-state index is 0.0245. The minimum Gasteiger partial charge on any atom is -0.496 e. The van der Waals surface area contributed by atoms with Gasteiger partial charge in [-0.3, -0.25) is 4.79 Å². The van der Waals surface area contributed by atoms with Gasteiger partial charge in [0.15, 0.2) is 0 Å². The molecule has 0 bridgehead atoms. The van der Waals surface area contributed by atoms with Crippen LogP contribution in [0.4, 0.5) is 0 Å². The average Bonchev–Trinajstić information content (AvgIpc) is 2.48. The van der Waals surface area contributed by atoms with Crippen molar-refractivity contribution in [3.8, 4) is 5.75 Å². The van der Waals surface area contributed by atoms with Crippen LogP contribution in [0.5, 0.6) is 5.75 Å². The molecule has 0 aliphatic carbocycles. The van der Waals surface area contributed by atoms with Crippen molar-refractivity contribution in [1.82, 2.24) is 5.32 Å². The van der Waals surface area contributed by atoms with E-state index < -0.39 is 0 Å². The Kier molecular flexibility index (Phi) is 5.18. The molecule has 1 amide bonds. The maximum absolute atomic E-state index is 12.1. The smallest absolute Gasteiger partial charge is 0.224 e. The lowest BCUT2D eigenvalue weighted by atomic mass is 10.0. The number of hydrogen-bond donors (Lipinski definition) is 1. The molecule has 2 rings (SSSR count). The van der Waals surface area contributed by atoms with Gasteiger partial charge in [0.05, 0.1) is 13.5 Å². The Bertz CT molecular complexity index is 479. The van der Waals surface area contributed by atoms with Gasteiger partial charge in [0.1, 0.15) is 5.75 Å². The van der Waals surface area contributed by atoms with E-state index in [-0.39, 0.29) is 11.9 Å². The number of amides is 1. The molecule has 1 saturated heterocycles. The van der Waals surface area contributed by atoms with Gasteiger partial charge in [0.2, 0.25) is 5.91 Å². The number of carbonyl (C=O) groups excluding carboxylic acids is 1. The third-order valence-corrected chi connectivity index (χ3v) is 3.48. The largest absolute Gasteiger partial charge is 0.496 e. The van der Waals surface area contributed by atoms with Crippen LogP contribution in [0.2, 0.25) is 0 Å². The molecule has 1 aliphatic rings. The third kappa shape index (κ3) is 3.84. The number of nitrogens with one attached hydrogen (secondary N) is 1.